The topological polar surface area (TPSA) is 90.7 Å². The van der Waals surface area contributed by atoms with Crippen molar-refractivity contribution >= 4 is 11.9 Å². The standard InChI is InChI=1S/C13H16N2O4/c1-8-3-2-5-14-11(8)12(17)15-6-4-9(16)7-10(15)13(18)19/h2-3,5,9-10,16H,4,6-7H2,1H3,(H,18,19)/t9-,10+/m0/s1. The van der Waals surface area contributed by atoms with Gasteiger partial charge in [0.1, 0.15) is 11.7 Å². The van der Waals surface area contributed by atoms with Crippen molar-refractivity contribution in [2.24, 2.45) is 0 Å². The fraction of sp³-hybridized carbons (Fsp3) is 0.462. The highest BCUT2D eigenvalue weighted by atomic mass is 16.4. The Labute approximate surface area is 110 Å². The molecule has 1 aromatic heterocycles. The van der Waals surface area contributed by atoms with Crippen molar-refractivity contribution in [3.05, 3.63) is 29.6 Å². The maximum Gasteiger partial charge on any atom is 0.326 e. The van der Waals surface area contributed by atoms with Gasteiger partial charge in [-0.25, -0.2) is 4.79 Å². The first-order valence-electron chi connectivity index (χ1n) is 6.14. The van der Waals surface area contributed by atoms with Crippen molar-refractivity contribution in [1.29, 1.82) is 0 Å². The largest absolute Gasteiger partial charge is 0.480 e. The lowest BCUT2D eigenvalue weighted by Crippen LogP contribution is -2.51. The number of carbonyl (C=O) groups is 2. The predicted molar refractivity (Wildman–Crippen MR) is 66.7 cm³/mol. The molecule has 0 saturated carbocycles. The summed E-state index contributed by atoms with van der Waals surface area (Å²) in [6.07, 6.45) is 1.29. The molecule has 0 aliphatic carbocycles. The molecule has 2 rings (SSSR count). The van der Waals surface area contributed by atoms with Gasteiger partial charge in [-0.1, -0.05) is 6.07 Å². The second-order valence-corrected chi connectivity index (χ2v) is 4.70. The van der Waals surface area contributed by atoms with Gasteiger partial charge in [-0.3, -0.25) is 9.78 Å². The molecule has 0 unspecified atom stereocenters. The maximum atomic E-state index is 12.4. The first-order chi connectivity index (χ1) is 9.00. The molecule has 1 fully saturated rings. The van der Waals surface area contributed by atoms with Crippen LogP contribution < -0.4 is 0 Å². The Morgan fingerprint density at radius 2 is 2.21 bits per heavy atom. The number of likely N-dealkylation sites (tertiary alicyclic amines) is 1. The molecular weight excluding hydrogens is 248 g/mol. The summed E-state index contributed by atoms with van der Waals surface area (Å²) in [6, 6.07) is 2.49. The molecule has 0 bridgehead atoms. The molecule has 2 heterocycles. The van der Waals surface area contributed by atoms with Gasteiger partial charge in [0.2, 0.25) is 0 Å². The smallest absolute Gasteiger partial charge is 0.326 e. The minimum absolute atomic E-state index is 0.0625. The number of hydrogen-bond donors (Lipinski definition) is 2. The number of hydrogen-bond acceptors (Lipinski definition) is 4. The van der Waals surface area contributed by atoms with E-state index in [1.54, 1.807) is 19.1 Å². The molecule has 2 N–H and O–H groups in total. The fourth-order valence-corrected chi connectivity index (χ4v) is 2.27. The summed E-state index contributed by atoms with van der Waals surface area (Å²) in [5.74, 6) is -1.49. The van der Waals surface area contributed by atoms with E-state index in [1.165, 1.54) is 11.1 Å². The summed E-state index contributed by atoms with van der Waals surface area (Å²) in [5.41, 5.74) is 0.980. The van der Waals surface area contributed by atoms with Crippen molar-refractivity contribution in [2.75, 3.05) is 6.54 Å². The van der Waals surface area contributed by atoms with Crippen LogP contribution in [0.25, 0.3) is 0 Å². The molecule has 1 saturated heterocycles. The van der Waals surface area contributed by atoms with Crippen LogP contribution in [0.5, 0.6) is 0 Å². The Morgan fingerprint density at radius 3 is 2.84 bits per heavy atom. The van der Waals surface area contributed by atoms with Crippen LogP contribution in [-0.4, -0.2) is 50.7 Å². The number of carboxylic acids is 1. The SMILES string of the molecule is Cc1cccnc1C(=O)N1CC[C@H](O)C[C@@H]1C(=O)O. The summed E-state index contributed by atoms with van der Waals surface area (Å²) in [6.45, 7) is 1.99. The van der Waals surface area contributed by atoms with Crippen LogP contribution in [0.4, 0.5) is 0 Å². The number of rotatable bonds is 2. The van der Waals surface area contributed by atoms with Gasteiger partial charge in [0.25, 0.3) is 5.91 Å². The van der Waals surface area contributed by atoms with Crippen LogP contribution in [0.2, 0.25) is 0 Å². The summed E-state index contributed by atoms with van der Waals surface area (Å²) >= 11 is 0. The Bertz CT molecular complexity index is 503. The van der Waals surface area contributed by atoms with Gasteiger partial charge in [0.05, 0.1) is 6.10 Å². The highest BCUT2D eigenvalue weighted by Crippen LogP contribution is 2.20. The molecule has 102 valence electrons. The van der Waals surface area contributed by atoms with E-state index in [-0.39, 0.29) is 18.7 Å². The van der Waals surface area contributed by atoms with Crippen LogP contribution in [0.3, 0.4) is 0 Å². The Kier molecular flexibility index (Phi) is 3.80. The van der Waals surface area contributed by atoms with E-state index in [0.29, 0.717) is 12.0 Å². The molecule has 19 heavy (non-hydrogen) atoms. The van der Waals surface area contributed by atoms with Crippen molar-refractivity contribution in [2.45, 2.75) is 31.9 Å². The summed E-state index contributed by atoms with van der Waals surface area (Å²) in [4.78, 5) is 28.9. The van der Waals surface area contributed by atoms with E-state index in [9.17, 15) is 14.7 Å². The molecule has 0 radical (unpaired) electrons. The van der Waals surface area contributed by atoms with Crippen molar-refractivity contribution in [1.82, 2.24) is 9.88 Å². The van der Waals surface area contributed by atoms with Gasteiger partial charge in [0.15, 0.2) is 0 Å². The third kappa shape index (κ3) is 2.73. The normalized spacial score (nSPS) is 23.2. The van der Waals surface area contributed by atoms with Gasteiger partial charge < -0.3 is 15.1 Å². The average Bonchev–Trinajstić information content (AvgIpc) is 2.38. The fourth-order valence-electron chi connectivity index (χ4n) is 2.27. The molecule has 0 spiro atoms. The van der Waals surface area contributed by atoms with Crippen LogP contribution in [0.1, 0.15) is 28.9 Å². The van der Waals surface area contributed by atoms with Gasteiger partial charge in [-0.05, 0) is 25.0 Å². The Morgan fingerprint density at radius 1 is 1.47 bits per heavy atom. The van der Waals surface area contributed by atoms with E-state index in [4.69, 9.17) is 5.11 Å². The van der Waals surface area contributed by atoms with E-state index < -0.39 is 24.0 Å². The minimum Gasteiger partial charge on any atom is -0.480 e. The maximum absolute atomic E-state index is 12.4. The molecule has 1 amide bonds. The zero-order chi connectivity index (χ0) is 14.0. The van der Waals surface area contributed by atoms with Crippen molar-refractivity contribution < 1.29 is 19.8 Å². The molecule has 2 atom stereocenters. The highest BCUT2D eigenvalue weighted by molar-refractivity contribution is 5.96. The molecule has 1 aliphatic rings. The van der Waals surface area contributed by atoms with Crippen molar-refractivity contribution in [3.63, 3.8) is 0 Å². The molecule has 0 aromatic carbocycles. The number of carboxylic acid groups (broad SMARTS) is 1. The average molecular weight is 264 g/mol. The second kappa shape index (κ2) is 5.36. The predicted octanol–water partition coefficient (Wildman–Crippen LogP) is 0.440. The lowest BCUT2D eigenvalue weighted by molar-refractivity contribution is -0.145. The zero-order valence-electron chi connectivity index (χ0n) is 10.6. The number of aliphatic hydroxyl groups excluding tert-OH is 1. The van der Waals surface area contributed by atoms with Gasteiger partial charge in [-0.2, -0.15) is 0 Å². The van der Waals surface area contributed by atoms with Crippen LogP contribution in [0.15, 0.2) is 18.3 Å². The first-order valence-corrected chi connectivity index (χ1v) is 6.14. The number of amides is 1. The number of piperidine rings is 1. The summed E-state index contributed by atoms with van der Waals surface area (Å²) < 4.78 is 0. The third-order valence-corrected chi connectivity index (χ3v) is 3.33. The quantitative estimate of drug-likeness (QED) is 0.808. The molecule has 1 aromatic rings. The minimum atomic E-state index is -1.10. The zero-order valence-corrected chi connectivity index (χ0v) is 10.6. The van der Waals surface area contributed by atoms with Gasteiger partial charge in [0, 0.05) is 19.2 Å². The molecule has 6 heteroatoms. The van der Waals surface area contributed by atoms with E-state index >= 15 is 0 Å². The Balaban J connectivity index is 2.27. The first kappa shape index (κ1) is 13.5. The van der Waals surface area contributed by atoms with Gasteiger partial charge in [-0.15, -0.1) is 0 Å². The lowest BCUT2D eigenvalue weighted by atomic mass is 9.98. The molecule has 1 aliphatic heterocycles. The lowest BCUT2D eigenvalue weighted by Gasteiger charge is -2.35. The van der Waals surface area contributed by atoms with Gasteiger partial charge >= 0.3 is 5.97 Å². The van der Waals surface area contributed by atoms with E-state index in [1.807, 2.05) is 0 Å². The molecular formula is C13H16N2O4. The number of aliphatic carboxylic acids is 1. The highest BCUT2D eigenvalue weighted by Gasteiger charge is 2.36. The second-order valence-electron chi connectivity index (χ2n) is 4.70. The third-order valence-electron chi connectivity index (χ3n) is 3.33. The van der Waals surface area contributed by atoms with Crippen LogP contribution in [0, 0.1) is 6.92 Å². The number of aliphatic hydroxyl groups is 1. The number of pyridine rings is 1. The van der Waals surface area contributed by atoms with Crippen LogP contribution >= 0.6 is 0 Å². The Hall–Kier alpha value is -1.95. The number of aryl methyl sites for hydroxylation is 1. The number of nitrogens with zero attached hydrogens (tertiary/aromatic N) is 2. The summed E-state index contributed by atoms with van der Waals surface area (Å²) in [7, 11) is 0. The molecule has 6 nitrogen and oxygen atoms in total. The summed E-state index contributed by atoms with van der Waals surface area (Å²) in [5, 5.41) is 18.7. The van der Waals surface area contributed by atoms with Crippen molar-refractivity contribution in [3.8, 4) is 0 Å². The van der Waals surface area contributed by atoms with E-state index in [0.717, 1.165) is 0 Å². The van der Waals surface area contributed by atoms with E-state index in [2.05, 4.69) is 4.98 Å². The number of carbonyl (C=O) groups excluding carboxylic acids is 1. The van der Waals surface area contributed by atoms with Crippen LogP contribution in [-0.2, 0) is 4.79 Å². The number of aromatic nitrogens is 1. The monoisotopic (exact) mass is 264 g/mol.